The van der Waals surface area contributed by atoms with E-state index in [1.54, 1.807) is 8.61 Å². The van der Waals surface area contributed by atoms with E-state index in [-0.39, 0.29) is 12.2 Å². The highest BCUT2D eigenvalue weighted by atomic mass is 32.2. The van der Waals surface area contributed by atoms with Gasteiger partial charge in [-0.1, -0.05) is 6.92 Å². The Balaban J connectivity index is 1.66. The van der Waals surface area contributed by atoms with Crippen molar-refractivity contribution in [2.45, 2.75) is 38.9 Å². The van der Waals surface area contributed by atoms with Gasteiger partial charge in [0.05, 0.1) is 13.2 Å². The molecular weight excluding hydrogens is 292 g/mol. The van der Waals surface area contributed by atoms with Crippen molar-refractivity contribution in [1.82, 2.24) is 8.61 Å². The molecule has 0 bridgehead atoms. The van der Waals surface area contributed by atoms with Gasteiger partial charge in [0.2, 0.25) is 0 Å². The summed E-state index contributed by atoms with van der Waals surface area (Å²) >= 11 is 0. The molecule has 0 aromatic rings. The largest absolute Gasteiger partial charge is 0.350 e. The molecule has 0 amide bonds. The zero-order valence-corrected chi connectivity index (χ0v) is 13.6. The van der Waals surface area contributed by atoms with E-state index in [1.807, 2.05) is 0 Å². The van der Waals surface area contributed by atoms with Gasteiger partial charge in [-0.15, -0.1) is 0 Å². The highest BCUT2D eigenvalue weighted by Gasteiger charge is 2.38. The van der Waals surface area contributed by atoms with E-state index in [9.17, 15) is 8.42 Å². The van der Waals surface area contributed by atoms with Crippen LogP contribution < -0.4 is 0 Å². The molecule has 0 spiro atoms. The van der Waals surface area contributed by atoms with Crippen LogP contribution in [-0.2, 0) is 19.7 Å². The summed E-state index contributed by atoms with van der Waals surface area (Å²) in [5.74, 6) is 0.619. The Labute approximate surface area is 127 Å². The summed E-state index contributed by atoms with van der Waals surface area (Å²) in [6.45, 7) is 5.83. The smallest absolute Gasteiger partial charge is 0.281 e. The Morgan fingerprint density at radius 2 is 1.57 bits per heavy atom. The van der Waals surface area contributed by atoms with Gasteiger partial charge in [-0.25, -0.2) is 0 Å². The van der Waals surface area contributed by atoms with Gasteiger partial charge in [0.1, 0.15) is 0 Å². The highest BCUT2D eigenvalue weighted by Crippen LogP contribution is 2.28. The molecular formula is C14H26N2O4S. The molecule has 0 aromatic carbocycles. The fraction of sp³-hybridized carbons (Fsp3) is 1.00. The van der Waals surface area contributed by atoms with E-state index >= 15 is 0 Å². The van der Waals surface area contributed by atoms with Crippen molar-refractivity contribution in [3.8, 4) is 0 Å². The summed E-state index contributed by atoms with van der Waals surface area (Å²) in [5.41, 5.74) is 0. The minimum absolute atomic E-state index is 0.165. The third-order valence-electron chi connectivity index (χ3n) is 4.73. The van der Waals surface area contributed by atoms with E-state index in [4.69, 9.17) is 9.47 Å². The van der Waals surface area contributed by atoms with Crippen LogP contribution in [0.2, 0.25) is 0 Å². The fourth-order valence-electron chi connectivity index (χ4n) is 3.57. The standard InChI is InChI=1S/C14H26N2O4S/c1-12-4-2-6-15(10-12)21(17,18)16-7-3-5-13(11-16)14-19-8-9-20-14/h12-14H,2-11H2,1H3/t12-,13+/m1/s1. The number of piperidine rings is 2. The van der Waals surface area contributed by atoms with Crippen molar-refractivity contribution in [3.63, 3.8) is 0 Å². The highest BCUT2D eigenvalue weighted by molar-refractivity contribution is 7.86. The van der Waals surface area contributed by atoms with Gasteiger partial charge in [-0.3, -0.25) is 0 Å². The Bertz CT molecular complexity index is 450. The number of ether oxygens (including phenoxy) is 2. The van der Waals surface area contributed by atoms with Crippen molar-refractivity contribution < 1.29 is 17.9 Å². The Kier molecular flexibility index (Phi) is 4.85. The van der Waals surface area contributed by atoms with Crippen LogP contribution in [0.3, 0.4) is 0 Å². The van der Waals surface area contributed by atoms with E-state index in [0.29, 0.717) is 45.3 Å². The second-order valence-corrected chi connectivity index (χ2v) is 8.41. The maximum absolute atomic E-state index is 12.8. The lowest BCUT2D eigenvalue weighted by molar-refractivity contribution is -0.0943. The Morgan fingerprint density at radius 3 is 2.24 bits per heavy atom. The van der Waals surface area contributed by atoms with Gasteiger partial charge in [0.15, 0.2) is 6.29 Å². The van der Waals surface area contributed by atoms with Gasteiger partial charge in [-0.05, 0) is 31.6 Å². The molecule has 3 rings (SSSR count). The lowest BCUT2D eigenvalue weighted by Crippen LogP contribution is -2.51. The van der Waals surface area contributed by atoms with E-state index in [0.717, 1.165) is 25.7 Å². The first-order valence-corrected chi connectivity index (χ1v) is 9.45. The van der Waals surface area contributed by atoms with Crippen LogP contribution >= 0.6 is 0 Å². The summed E-state index contributed by atoms with van der Waals surface area (Å²) in [5, 5.41) is 0. The molecule has 2 atom stereocenters. The zero-order valence-electron chi connectivity index (χ0n) is 12.7. The molecule has 21 heavy (non-hydrogen) atoms. The molecule has 3 saturated heterocycles. The number of hydrogen-bond donors (Lipinski definition) is 0. The second kappa shape index (κ2) is 6.50. The summed E-state index contributed by atoms with van der Waals surface area (Å²) in [6, 6.07) is 0. The number of rotatable bonds is 3. The molecule has 122 valence electrons. The Morgan fingerprint density at radius 1 is 0.952 bits per heavy atom. The third-order valence-corrected chi connectivity index (χ3v) is 6.69. The lowest BCUT2D eigenvalue weighted by Gasteiger charge is -2.38. The van der Waals surface area contributed by atoms with Crippen molar-refractivity contribution >= 4 is 10.2 Å². The van der Waals surface area contributed by atoms with Crippen molar-refractivity contribution in [2.24, 2.45) is 11.8 Å². The van der Waals surface area contributed by atoms with Gasteiger partial charge in [0, 0.05) is 32.1 Å². The zero-order chi connectivity index (χ0) is 14.9. The molecule has 7 heteroatoms. The van der Waals surface area contributed by atoms with Crippen LogP contribution in [0, 0.1) is 11.8 Å². The van der Waals surface area contributed by atoms with Gasteiger partial charge >= 0.3 is 0 Å². The molecule has 3 aliphatic rings. The SMILES string of the molecule is C[C@@H]1CCCN(S(=O)(=O)N2CCC[C@H](C3OCCO3)C2)C1. The predicted molar refractivity (Wildman–Crippen MR) is 78.9 cm³/mol. The molecule has 0 unspecified atom stereocenters. The van der Waals surface area contributed by atoms with Gasteiger partial charge in [0.25, 0.3) is 10.2 Å². The average Bonchev–Trinajstić information content (AvgIpc) is 3.02. The first-order valence-electron chi connectivity index (χ1n) is 8.06. The topological polar surface area (TPSA) is 59.1 Å². The first kappa shape index (κ1) is 15.7. The van der Waals surface area contributed by atoms with Crippen molar-refractivity contribution in [1.29, 1.82) is 0 Å². The molecule has 6 nitrogen and oxygen atoms in total. The maximum Gasteiger partial charge on any atom is 0.281 e. The van der Waals surface area contributed by atoms with Gasteiger partial charge in [-0.2, -0.15) is 17.0 Å². The van der Waals surface area contributed by atoms with Crippen LogP contribution in [0.4, 0.5) is 0 Å². The molecule has 0 aromatic heterocycles. The monoisotopic (exact) mass is 318 g/mol. The molecule has 0 aliphatic carbocycles. The summed E-state index contributed by atoms with van der Waals surface area (Å²) in [4.78, 5) is 0. The molecule has 3 heterocycles. The number of nitrogens with zero attached hydrogens (tertiary/aromatic N) is 2. The molecule has 3 aliphatic heterocycles. The minimum Gasteiger partial charge on any atom is -0.350 e. The van der Waals surface area contributed by atoms with Crippen LogP contribution in [0.5, 0.6) is 0 Å². The summed E-state index contributed by atoms with van der Waals surface area (Å²) in [6.07, 6.45) is 3.73. The fourth-order valence-corrected chi connectivity index (χ4v) is 5.44. The molecule has 3 fully saturated rings. The predicted octanol–water partition coefficient (Wildman–Crippen LogP) is 1.05. The maximum atomic E-state index is 12.8. The van der Waals surface area contributed by atoms with Crippen LogP contribution in [0.1, 0.15) is 32.6 Å². The van der Waals surface area contributed by atoms with Crippen molar-refractivity contribution in [3.05, 3.63) is 0 Å². The van der Waals surface area contributed by atoms with E-state index in [2.05, 4.69) is 6.92 Å². The quantitative estimate of drug-likeness (QED) is 0.780. The summed E-state index contributed by atoms with van der Waals surface area (Å²) < 4.78 is 40.1. The minimum atomic E-state index is -3.32. The average molecular weight is 318 g/mol. The summed E-state index contributed by atoms with van der Waals surface area (Å²) in [7, 11) is -3.32. The van der Waals surface area contributed by atoms with Gasteiger partial charge < -0.3 is 9.47 Å². The third kappa shape index (κ3) is 3.42. The van der Waals surface area contributed by atoms with Crippen LogP contribution in [0.15, 0.2) is 0 Å². The van der Waals surface area contributed by atoms with Crippen LogP contribution in [-0.4, -0.2) is 62.7 Å². The number of hydrogen-bond acceptors (Lipinski definition) is 4. The first-order chi connectivity index (χ1) is 10.1. The molecule has 0 N–H and O–H groups in total. The van der Waals surface area contributed by atoms with E-state index in [1.165, 1.54) is 0 Å². The molecule has 0 radical (unpaired) electrons. The normalized spacial score (nSPS) is 34.3. The lowest BCUT2D eigenvalue weighted by atomic mass is 9.99. The second-order valence-electron chi connectivity index (χ2n) is 6.48. The van der Waals surface area contributed by atoms with E-state index < -0.39 is 10.2 Å². The van der Waals surface area contributed by atoms with Crippen molar-refractivity contribution in [2.75, 3.05) is 39.4 Å². The molecule has 0 saturated carbocycles. The van der Waals surface area contributed by atoms with Crippen LogP contribution in [0.25, 0.3) is 0 Å². The Hall–Kier alpha value is -0.210.